The Morgan fingerprint density at radius 3 is 2.92 bits per heavy atom. The third-order valence-electron chi connectivity index (χ3n) is 4.37. The number of carbonyl (C=O) groups is 1. The molecule has 6 heteroatoms. The van der Waals surface area contributed by atoms with Crippen LogP contribution in [0.5, 0.6) is 5.88 Å². The second kappa shape index (κ2) is 5.63. The first-order valence-electron chi connectivity index (χ1n) is 7.93. The molecule has 0 atom stereocenters. The molecule has 1 aliphatic rings. The predicted molar refractivity (Wildman–Crippen MR) is 91.9 cm³/mol. The topological polar surface area (TPSA) is 69.0 Å². The lowest BCUT2D eigenvalue weighted by Crippen LogP contribution is -2.14. The zero-order valence-electron chi connectivity index (χ0n) is 13.6. The summed E-state index contributed by atoms with van der Waals surface area (Å²) in [6.45, 7) is 0. The second-order valence-corrected chi connectivity index (χ2v) is 6.04. The highest BCUT2D eigenvalue weighted by atomic mass is 16.5. The lowest BCUT2D eigenvalue weighted by atomic mass is 10.2. The Hall–Kier alpha value is -2.89. The molecule has 0 radical (unpaired) electrons. The number of hydrogen-bond donors (Lipinski definition) is 1. The number of aromatic nitrogens is 3. The number of aryl methyl sites for hydroxylation is 1. The van der Waals surface area contributed by atoms with Crippen LogP contribution in [0, 0.1) is 5.92 Å². The van der Waals surface area contributed by atoms with Crippen LogP contribution in [-0.4, -0.2) is 27.6 Å². The minimum atomic E-state index is 0.0604. The highest BCUT2D eigenvalue weighted by Crippen LogP contribution is 2.33. The molecule has 0 aromatic carbocycles. The SMILES string of the molecule is COc1ncccc1-c1cc2cnc(NC(=O)C3CC3)cc2n1C. The first kappa shape index (κ1) is 14.7. The molecule has 1 aliphatic carbocycles. The Bertz CT molecular complexity index is 928. The van der Waals surface area contributed by atoms with Crippen LogP contribution in [0.2, 0.25) is 0 Å². The van der Waals surface area contributed by atoms with Gasteiger partial charge >= 0.3 is 0 Å². The summed E-state index contributed by atoms with van der Waals surface area (Å²) in [6.07, 6.45) is 5.44. The molecule has 1 saturated carbocycles. The van der Waals surface area contributed by atoms with Crippen molar-refractivity contribution in [2.75, 3.05) is 12.4 Å². The molecular formula is C18H18N4O2. The number of carbonyl (C=O) groups excluding carboxylic acids is 1. The van der Waals surface area contributed by atoms with Crippen molar-refractivity contribution in [3.8, 4) is 17.1 Å². The van der Waals surface area contributed by atoms with Crippen molar-refractivity contribution in [2.24, 2.45) is 13.0 Å². The molecule has 0 unspecified atom stereocenters. The van der Waals surface area contributed by atoms with E-state index in [1.54, 1.807) is 19.5 Å². The summed E-state index contributed by atoms with van der Waals surface area (Å²) in [5, 5.41) is 3.90. The van der Waals surface area contributed by atoms with E-state index in [1.807, 2.05) is 31.3 Å². The van der Waals surface area contributed by atoms with Gasteiger partial charge in [0.05, 0.1) is 23.9 Å². The zero-order chi connectivity index (χ0) is 16.7. The minimum Gasteiger partial charge on any atom is -0.481 e. The number of fused-ring (bicyclic) bond motifs is 1. The maximum absolute atomic E-state index is 11.9. The molecule has 0 saturated heterocycles. The first-order chi connectivity index (χ1) is 11.7. The van der Waals surface area contributed by atoms with Crippen molar-refractivity contribution in [3.05, 3.63) is 36.7 Å². The van der Waals surface area contributed by atoms with Gasteiger partial charge in [0.25, 0.3) is 0 Å². The fourth-order valence-corrected chi connectivity index (χ4v) is 2.88. The van der Waals surface area contributed by atoms with E-state index in [0.29, 0.717) is 11.7 Å². The average molecular weight is 322 g/mol. The second-order valence-electron chi connectivity index (χ2n) is 6.04. The normalized spacial score (nSPS) is 13.9. The lowest BCUT2D eigenvalue weighted by Gasteiger charge is -2.08. The van der Waals surface area contributed by atoms with E-state index in [1.165, 1.54) is 0 Å². The van der Waals surface area contributed by atoms with Crippen LogP contribution in [0.3, 0.4) is 0 Å². The summed E-state index contributed by atoms with van der Waals surface area (Å²) < 4.78 is 7.42. The van der Waals surface area contributed by atoms with Gasteiger partial charge in [-0.3, -0.25) is 4.79 Å². The number of anilines is 1. The Morgan fingerprint density at radius 1 is 1.33 bits per heavy atom. The molecule has 1 amide bonds. The highest BCUT2D eigenvalue weighted by Gasteiger charge is 2.29. The summed E-state index contributed by atoms with van der Waals surface area (Å²) in [7, 11) is 3.60. The summed E-state index contributed by atoms with van der Waals surface area (Å²) in [5.74, 6) is 1.39. The monoisotopic (exact) mass is 322 g/mol. The molecule has 24 heavy (non-hydrogen) atoms. The van der Waals surface area contributed by atoms with Crippen molar-refractivity contribution in [3.63, 3.8) is 0 Å². The van der Waals surface area contributed by atoms with Crippen molar-refractivity contribution < 1.29 is 9.53 Å². The number of nitrogens with one attached hydrogen (secondary N) is 1. The van der Waals surface area contributed by atoms with E-state index in [4.69, 9.17) is 4.74 Å². The average Bonchev–Trinajstić information content (AvgIpc) is 3.40. The van der Waals surface area contributed by atoms with Crippen LogP contribution < -0.4 is 10.1 Å². The fraction of sp³-hybridized carbons (Fsp3) is 0.278. The molecule has 0 aliphatic heterocycles. The standard InChI is InChI=1S/C18H18N4O2/c1-22-14-9-16(21-17(23)11-5-6-11)20-10-12(14)8-15(22)13-4-3-7-19-18(13)24-2/h3-4,7-11H,5-6H2,1-2H3,(H,20,21,23). The largest absolute Gasteiger partial charge is 0.481 e. The molecule has 1 fully saturated rings. The van der Waals surface area contributed by atoms with Gasteiger partial charge < -0.3 is 14.6 Å². The van der Waals surface area contributed by atoms with Gasteiger partial charge in [-0.1, -0.05) is 0 Å². The maximum atomic E-state index is 11.9. The first-order valence-corrected chi connectivity index (χ1v) is 7.93. The number of amides is 1. The molecule has 3 aromatic heterocycles. The summed E-state index contributed by atoms with van der Waals surface area (Å²) in [4.78, 5) is 20.5. The highest BCUT2D eigenvalue weighted by molar-refractivity contribution is 5.95. The number of nitrogens with zero attached hydrogens (tertiary/aromatic N) is 3. The quantitative estimate of drug-likeness (QED) is 0.802. The number of methoxy groups -OCH3 is 1. The van der Waals surface area contributed by atoms with E-state index < -0.39 is 0 Å². The fourth-order valence-electron chi connectivity index (χ4n) is 2.88. The molecule has 6 nitrogen and oxygen atoms in total. The van der Waals surface area contributed by atoms with E-state index >= 15 is 0 Å². The predicted octanol–water partition coefficient (Wildman–Crippen LogP) is 2.99. The Kier molecular flexibility index (Phi) is 3.45. The van der Waals surface area contributed by atoms with E-state index in [9.17, 15) is 4.79 Å². The zero-order valence-corrected chi connectivity index (χ0v) is 13.6. The Labute approximate surface area is 139 Å². The van der Waals surface area contributed by atoms with Crippen LogP contribution in [0.1, 0.15) is 12.8 Å². The van der Waals surface area contributed by atoms with Crippen molar-refractivity contribution in [2.45, 2.75) is 12.8 Å². The summed E-state index contributed by atoms with van der Waals surface area (Å²) >= 11 is 0. The number of hydrogen-bond acceptors (Lipinski definition) is 4. The van der Waals surface area contributed by atoms with Crippen LogP contribution in [0.25, 0.3) is 22.2 Å². The molecule has 0 spiro atoms. The smallest absolute Gasteiger partial charge is 0.228 e. The molecule has 3 heterocycles. The van der Waals surface area contributed by atoms with Crippen molar-refractivity contribution >= 4 is 22.6 Å². The van der Waals surface area contributed by atoms with Crippen LogP contribution in [0.15, 0.2) is 36.7 Å². The number of ether oxygens (including phenoxy) is 1. The van der Waals surface area contributed by atoms with Gasteiger partial charge in [-0.15, -0.1) is 0 Å². The van der Waals surface area contributed by atoms with Gasteiger partial charge in [-0.05, 0) is 31.0 Å². The van der Waals surface area contributed by atoms with Crippen LogP contribution in [-0.2, 0) is 11.8 Å². The Balaban J connectivity index is 1.75. The third kappa shape index (κ3) is 2.50. The molecule has 1 N–H and O–H groups in total. The number of rotatable bonds is 4. The van der Waals surface area contributed by atoms with Gasteiger partial charge in [0.2, 0.25) is 11.8 Å². The van der Waals surface area contributed by atoms with E-state index in [2.05, 4.69) is 19.9 Å². The van der Waals surface area contributed by atoms with E-state index in [0.717, 1.165) is 35.0 Å². The van der Waals surface area contributed by atoms with Gasteiger partial charge in [0.15, 0.2) is 0 Å². The van der Waals surface area contributed by atoms with Gasteiger partial charge in [0.1, 0.15) is 5.82 Å². The summed E-state index contributed by atoms with van der Waals surface area (Å²) in [5.41, 5.74) is 2.90. The van der Waals surface area contributed by atoms with Gasteiger partial charge in [-0.2, -0.15) is 0 Å². The molecule has 3 aromatic rings. The molecule has 4 rings (SSSR count). The van der Waals surface area contributed by atoms with Gasteiger partial charge in [-0.25, -0.2) is 9.97 Å². The Morgan fingerprint density at radius 2 is 2.17 bits per heavy atom. The van der Waals surface area contributed by atoms with Crippen LogP contribution >= 0.6 is 0 Å². The van der Waals surface area contributed by atoms with Crippen molar-refractivity contribution in [1.82, 2.24) is 14.5 Å². The molecule has 122 valence electrons. The lowest BCUT2D eigenvalue weighted by molar-refractivity contribution is -0.117. The van der Waals surface area contributed by atoms with Gasteiger partial charge in [0, 0.05) is 36.8 Å². The number of pyridine rings is 2. The maximum Gasteiger partial charge on any atom is 0.228 e. The molecular weight excluding hydrogens is 304 g/mol. The van der Waals surface area contributed by atoms with Crippen molar-refractivity contribution in [1.29, 1.82) is 0 Å². The summed E-state index contributed by atoms with van der Waals surface area (Å²) in [6, 6.07) is 7.81. The molecule has 0 bridgehead atoms. The minimum absolute atomic E-state index is 0.0604. The van der Waals surface area contributed by atoms with Crippen LogP contribution in [0.4, 0.5) is 5.82 Å². The van der Waals surface area contributed by atoms with E-state index in [-0.39, 0.29) is 11.8 Å². The third-order valence-corrected chi connectivity index (χ3v) is 4.37.